The summed E-state index contributed by atoms with van der Waals surface area (Å²) in [6.45, 7) is 1.84. The summed E-state index contributed by atoms with van der Waals surface area (Å²) in [5.74, 6) is -1.14. The van der Waals surface area contributed by atoms with Crippen molar-refractivity contribution in [2.75, 3.05) is 0 Å². The maximum atomic E-state index is 10.9. The Kier molecular flexibility index (Phi) is 3.94. The Labute approximate surface area is 143 Å². The third-order valence-electron chi connectivity index (χ3n) is 3.28. The fourth-order valence-electron chi connectivity index (χ4n) is 2.11. The van der Waals surface area contributed by atoms with E-state index in [0.717, 1.165) is 11.8 Å². The van der Waals surface area contributed by atoms with Crippen LogP contribution in [-0.4, -0.2) is 25.1 Å². The van der Waals surface area contributed by atoms with Gasteiger partial charge in [-0.2, -0.15) is 0 Å². The molecular formula is C15H10BrN3O5. The van der Waals surface area contributed by atoms with Gasteiger partial charge in [0.2, 0.25) is 11.6 Å². The summed E-state index contributed by atoms with van der Waals surface area (Å²) in [7, 11) is 0. The summed E-state index contributed by atoms with van der Waals surface area (Å²) >= 11 is 3.33. The SMILES string of the molecule is Cc1ccc(-c2nc(-c3cc(O)c(O)c([N+](=O)[O-])c3)co2)c(Br)n1. The van der Waals surface area contributed by atoms with Gasteiger partial charge in [-0.25, -0.2) is 9.97 Å². The van der Waals surface area contributed by atoms with Crippen LogP contribution >= 0.6 is 15.9 Å². The second-order valence-electron chi connectivity index (χ2n) is 4.95. The number of nitro benzene ring substituents is 1. The number of rotatable bonds is 3. The second-order valence-corrected chi connectivity index (χ2v) is 5.70. The molecule has 3 rings (SSSR count). The molecule has 0 aliphatic heterocycles. The van der Waals surface area contributed by atoms with Gasteiger partial charge in [-0.1, -0.05) is 0 Å². The molecule has 0 aliphatic rings. The Bertz CT molecular complexity index is 954. The van der Waals surface area contributed by atoms with Gasteiger partial charge in [-0.15, -0.1) is 0 Å². The number of aryl methyl sites for hydroxylation is 1. The summed E-state index contributed by atoms with van der Waals surface area (Å²) < 4.78 is 5.95. The number of oxazole rings is 1. The molecule has 0 radical (unpaired) electrons. The smallest absolute Gasteiger partial charge is 0.315 e. The Balaban J connectivity index is 2.07. The summed E-state index contributed by atoms with van der Waals surface area (Å²) in [5, 5.41) is 30.1. The summed E-state index contributed by atoms with van der Waals surface area (Å²) in [4.78, 5) is 18.7. The van der Waals surface area contributed by atoms with E-state index < -0.39 is 22.1 Å². The topological polar surface area (TPSA) is 123 Å². The van der Waals surface area contributed by atoms with Gasteiger partial charge in [0, 0.05) is 17.3 Å². The minimum Gasteiger partial charge on any atom is -0.504 e. The molecule has 2 N–H and O–H groups in total. The van der Waals surface area contributed by atoms with Crippen LogP contribution in [0.2, 0.25) is 0 Å². The molecule has 0 aliphatic carbocycles. The number of nitrogens with zero attached hydrogens (tertiary/aromatic N) is 3. The highest BCUT2D eigenvalue weighted by Crippen LogP contribution is 2.39. The van der Waals surface area contributed by atoms with Crippen LogP contribution in [0.15, 0.2) is 39.5 Å². The van der Waals surface area contributed by atoms with Crippen LogP contribution in [0.5, 0.6) is 11.5 Å². The van der Waals surface area contributed by atoms with Crippen LogP contribution in [0.25, 0.3) is 22.7 Å². The molecule has 0 saturated heterocycles. The van der Waals surface area contributed by atoms with Gasteiger partial charge >= 0.3 is 5.69 Å². The highest BCUT2D eigenvalue weighted by Gasteiger charge is 2.21. The highest BCUT2D eigenvalue weighted by molar-refractivity contribution is 9.10. The van der Waals surface area contributed by atoms with E-state index in [1.165, 1.54) is 12.3 Å². The number of halogens is 1. The van der Waals surface area contributed by atoms with Gasteiger partial charge in [0.05, 0.1) is 10.5 Å². The molecule has 122 valence electrons. The van der Waals surface area contributed by atoms with Crippen molar-refractivity contribution < 1.29 is 19.6 Å². The Morgan fingerprint density at radius 2 is 2.00 bits per heavy atom. The third-order valence-corrected chi connectivity index (χ3v) is 3.89. The molecule has 2 aromatic heterocycles. The van der Waals surface area contributed by atoms with E-state index in [1.807, 2.05) is 6.92 Å². The molecule has 2 heterocycles. The quantitative estimate of drug-likeness (QED) is 0.301. The van der Waals surface area contributed by atoms with Crippen molar-refractivity contribution in [2.24, 2.45) is 0 Å². The van der Waals surface area contributed by atoms with Crippen LogP contribution in [0.3, 0.4) is 0 Å². The first-order valence-corrected chi connectivity index (χ1v) is 7.46. The monoisotopic (exact) mass is 391 g/mol. The Morgan fingerprint density at radius 3 is 2.67 bits per heavy atom. The molecule has 9 heteroatoms. The van der Waals surface area contributed by atoms with Gasteiger partial charge in [0.15, 0.2) is 5.75 Å². The highest BCUT2D eigenvalue weighted by atomic mass is 79.9. The zero-order valence-electron chi connectivity index (χ0n) is 12.2. The largest absolute Gasteiger partial charge is 0.504 e. The van der Waals surface area contributed by atoms with Gasteiger partial charge in [0.25, 0.3) is 0 Å². The molecule has 0 saturated carbocycles. The predicted octanol–water partition coefficient (Wildman–Crippen LogP) is 3.79. The number of phenolic OH excluding ortho intramolecular Hbond substituents is 2. The number of hydrogen-bond donors (Lipinski definition) is 2. The molecule has 1 aromatic carbocycles. The summed E-state index contributed by atoms with van der Waals surface area (Å²) in [5.41, 5.74) is 1.33. The predicted molar refractivity (Wildman–Crippen MR) is 87.6 cm³/mol. The van der Waals surface area contributed by atoms with Crippen molar-refractivity contribution in [3.05, 3.63) is 50.9 Å². The van der Waals surface area contributed by atoms with Crippen molar-refractivity contribution in [2.45, 2.75) is 6.92 Å². The number of pyridine rings is 1. The molecule has 0 fully saturated rings. The van der Waals surface area contributed by atoms with Crippen molar-refractivity contribution in [3.63, 3.8) is 0 Å². The Morgan fingerprint density at radius 1 is 1.25 bits per heavy atom. The third kappa shape index (κ3) is 2.81. The first-order chi connectivity index (χ1) is 11.4. The first kappa shape index (κ1) is 15.9. The number of benzene rings is 1. The number of hydrogen-bond acceptors (Lipinski definition) is 7. The minimum atomic E-state index is -0.794. The van der Waals surface area contributed by atoms with E-state index in [0.29, 0.717) is 10.2 Å². The number of aromatic nitrogens is 2. The van der Waals surface area contributed by atoms with E-state index in [4.69, 9.17) is 4.42 Å². The molecule has 0 bridgehead atoms. The van der Waals surface area contributed by atoms with Crippen LogP contribution in [0.1, 0.15) is 5.69 Å². The van der Waals surface area contributed by atoms with E-state index in [2.05, 4.69) is 25.9 Å². The maximum absolute atomic E-state index is 10.9. The van der Waals surface area contributed by atoms with Crippen LogP contribution in [0.4, 0.5) is 5.69 Å². The number of nitro groups is 1. The molecule has 0 amide bonds. The average molecular weight is 392 g/mol. The zero-order valence-corrected chi connectivity index (χ0v) is 13.8. The molecular weight excluding hydrogens is 382 g/mol. The van der Waals surface area contributed by atoms with Crippen LogP contribution < -0.4 is 0 Å². The zero-order chi connectivity index (χ0) is 17.4. The minimum absolute atomic E-state index is 0.239. The molecule has 0 atom stereocenters. The summed E-state index contributed by atoms with van der Waals surface area (Å²) in [6.07, 6.45) is 1.30. The standard InChI is InChI=1S/C15H10BrN3O5/c1-7-2-3-9(14(16)17-7)15-18-10(6-24-15)8-4-11(19(22)23)13(21)12(20)5-8/h2-6,20-21H,1H3. The lowest BCUT2D eigenvalue weighted by atomic mass is 10.1. The molecule has 0 spiro atoms. The number of phenols is 2. The van der Waals surface area contributed by atoms with Crippen molar-refractivity contribution in [1.29, 1.82) is 0 Å². The van der Waals surface area contributed by atoms with Crippen molar-refractivity contribution >= 4 is 21.6 Å². The summed E-state index contributed by atoms with van der Waals surface area (Å²) in [6, 6.07) is 5.85. The van der Waals surface area contributed by atoms with Gasteiger partial charge in [-0.05, 0) is 41.1 Å². The molecule has 8 nitrogen and oxygen atoms in total. The van der Waals surface area contributed by atoms with Crippen molar-refractivity contribution in [1.82, 2.24) is 9.97 Å². The first-order valence-electron chi connectivity index (χ1n) is 6.66. The van der Waals surface area contributed by atoms with E-state index in [-0.39, 0.29) is 17.1 Å². The lowest BCUT2D eigenvalue weighted by molar-refractivity contribution is -0.385. The maximum Gasteiger partial charge on any atom is 0.315 e. The van der Waals surface area contributed by atoms with E-state index in [1.54, 1.807) is 12.1 Å². The van der Waals surface area contributed by atoms with Crippen LogP contribution in [0, 0.1) is 17.0 Å². The average Bonchev–Trinajstić information content (AvgIpc) is 2.99. The second kappa shape index (κ2) is 5.93. The van der Waals surface area contributed by atoms with Crippen molar-refractivity contribution in [3.8, 4) is 34.2 Å². The Hall–Kier alpha value is -2.94. The normalized spacial score (nSPS) is 10.8. The van der Waals surface area contributed by atoms with E-state index in [9.17, 15) is 20.3 Å². The molecule has 0 unspecified atom stereocenters. The van der Waals surface area contributed by atoms with Gasteiger partial charge < -0.3 is 14.6 Å². The molecule has 3 aromatic rings. The van der Waals surface area contributed by atoms with E-state index >= 15 is 0 Å². The van der Waals surface area contributed by atoms with Gasteiger partial charge in [0.1, 0.15) is 16.6 Å². The fourth-order valence-corrected chi connectivity index (χ4v) is 2.69. The lowest BCUT2D eigenvalue weighted by Gasteiger charge is -2.02. The van der Waals surface area contributed by atoms with Crippen LogP contribution in [-0.2, 0) is 0 Å². The molecule has 24 heavy (non-hydrogen) atoms. The number of aromatic hydroxyl groups is 2. The fraction of sp³-hybridized carbons (Fsp3) is 0.0667. The van der Waals surface area contributed by atoms with Gasteiger partial charge in [-0.3, -0.25) is 10.1 Å². The lowest BCUT2D eigenvalue weighted by Crippen LogP contribution is -1.90.